The van der Waals surface area contributed by atoms with Crippen molar-refractivity contribution >= 4 is 31.2 Å². The molecule has 14 nitrogen and oxygen atoms in total. The first kappa shape index (κ1) is 42.8. The van der Waals surface area contributed by atoms with Crippen LogP contribution in [0.2, 0.25) is 0 Å². The maximum atomic E-state index is 13.3. The topological polar surface area (TPSA) is 171 Å². The van der Waals surface area contributed by atoms with Gasteiger partial charge in [-0.05, 0) is 36.6 Å². The Labute approximate surface area is 306 Å². The minimum Gasteiger partial charge on any atom is -0.379 e. The van der Waals surface area contributed by atoms with Gasteiger partial charge in [0.15, 0.2) is 0 Å². The van der Waals surface area contributed by atoms with Gasteiger partial charge in [-0.1, -0.05) is 55.0 Å². The summed E-state index contributed by atoms with van der Waals surface area (Å²) in [5, 5.41) is 5.64. The number of anilines is 1. The van der Waals surface area contributed by atoms with Gasteiger partial charge < -0.3 is 39.4 Å². The monoisotopic (exact) mass is 745 g/mol. The Morgan fingerprint density at radius 1 is 0.692 bits per heavy atom. The van der Waals surface area contributed by atoms with Crippen LogP contribution in [0.4, 0.5) is 5.69 Å². The number of rotatable bonds is 27. The van der Waals surface area contributed by atoms with Crippen molar-refractivity contribution in [2.24, 2.45) is 0 Å². The molecule has 0 bridgehead atoms. The first-order chi connectivity index (χ1) is 25.3. The van der Waals surface area contributed by atoms with Crippen LogP contribution in [0.5, 0.6) is 0 Å². The predicted octanol–water partition coefficient (Wildman–Crippen LogP) is 3.73. The van der Waals surface area contributed by atoms with Gasteiger partial charge in [0.1, 0.15) is 0 Å². The average Bonchev–Trinajstić information content (AvgIpc) is 3.14. The lowest BCUT2D eigenvalue weighted by Gasteiger charge is -2.26. The van der Waals surface area contributed by atoms with Crippen LogP contribution in [0.1, 0.15) is 61.6 Å². The zero-order chi connectivity index (χ0) is 37.3. The first-order valence-electron chi connectivity index (χ1n) is 17.7. The second-order valence-electron chi connectivity index (χ2n) is 11.7. The Kier molecular flexibility index (Phi) is 20.9. The van der Waals surface area contributed by atoms with Gasteiger partial charge in [0.05, 0.1) is 71.7 Å². The number of hydrogen-bond acceptors (Lipinski definition) is 10. The fraction of sp³-hybridized carbons (Fsp3) is 0.541. The van der Waals surface area contributed by atoms with Crippen LogP contribution in [-0.2, 0) is 53.5 Å². The van der Waals surface area contributed by atoms with Crippen LogP contribution in [-0.4, -0.2) is 102 Å². The largest absolute Gasteiger partial charge is 0.471 e. The molecular weight excluding hydrogens is 693 g/mol. The summed E-state index contributed by atoms with van der Waals surface area (Å²) in [6, 6.07) is 15.3. The van der Waals surface area contributed by atoms with E-state index >= 15 is 0 Å². The Bertz CT molecular complexity index is 1500. The number of para-hydroxylation sites is 1. The molecule has 3 amide bonds. The number of unbranched alkanes of at least 4 members (excludes halogenated alkanes) is 3. The minimum absolute atomic E-state index is 0.0737. The highest BCUT2D eigenvalue weighted by atomic mass is 31.2. The molecule has 0 aromatic heterocycles. The molecule has 0 spiro atoms. The molecule has 1 heterocycles. The molecule has 0 fully saturated rings. The summed E-state index contributed by atoms with van der Waals surface area (Å²) in [6.07, 6.45) is 3.55. The number of benzene rings is 2. The third-order valence-electron chi connectivity index (χ3n) is 7.78. The van der Waals surface area contributed by atoms with Crippen LogP contribution in [0.25, 0.3) is 0 Å². The molecular formula is C37H52N3O11P. The third kappa shape index (κ3) is 17.7. The highest BCUT2D eigenvalue weighted by Crippen LogP contribution is 2.41. The smallest absolute Gasteiger partial charge is 0.379 e. The number of hydrogen-bond donors (Lipinski definition) is 3. The SMILES string of the molecule is COP(=O)(O)OCCCCCCNC(=O)CCOCCOCCOCCOCCNC(=O)CCC(=O)N1Cc2ccccc2C#Cc2ccccc21. The summed E-state index contributed by atoms with van der Waals surface area (Å²) in [7, 11) is -2.78. The molecule has 1 aliphatic rings. The molecule has 1 aliphatic heterocycles. The number of carbonyl (C=O) groups excluding carboxylic acids is 3. The summed E-state index contributed by atoms with van der Waals surface area (Å²) in [6.45, 7) is 4.39. The van der Waals surface area contributed by atoms with E-state index in [1.54, 1.807) is 4.90 Å². The fourth-order valence-electron chi connectivity index (χ4n) is 4.97. The Morgan fingerprint density at radius 2 is 1.27 bits per heavy atom. The second kappa shape index (κ2) is 25.4. The van der Waals surface area contributed by atoms with Gasteiger partial charge in [-0.15, -0.1) is 0 Å². The number of phosphoric acid groups is 1. The molecule has 3 N–H and O–H groups in total. The lowest BCUT2D eigenvalue weighted by atomic mass is 10.0. The molecule has 2 aromatic rings. The van der Waals surface area contributed by atoms with E-state index in [-0.39, 0.29) is 43.6 Å². The summed E-state index contributed by atoms with van der Waals surface area (Å²) in [5.74, 6) is 5.95. The van der Waals surface area contributed by atoms with Crippen molar-refractivity contribution in [3.05, 3.63) is 65.2 Å². The van der Waals surface area contributed by atoms with E-state index in [0.29, 0.717) is 78.9 Å². The number of fused-ring (bicyclic) bond motifs is 2. The van der Waals surface area contributed by atoms with Crippen LogP contribution >= 0.6 is 7.82 Å². The van der Waals surface area contributed by atoms with Gasteiger partial charge >= 0.3 is 7.82 Å². The molecule has 52 heavy (non-hydrogen) atoms. The summed E-state index contributed by atoms with van der Waals surface area (Å²) in [5.41, 5.74) is 3.37. The van der Waals surface area contributed by atoms with Crippen LogP contribution in [0, 0.1) is 11.8 Å². The molecule has 286 valence electrons. The molecule has 2 aromatic carbocycles. The maximum Gasteiger partial charge on any atom is 0.471 e. The van der Waals surface area contributed by atoms with E-state index in [9.17, 15) is 18.9 Å². The standard InChI is InChI=1S/C37H52N3O11P/c1-46-52(44,45)51-21-9-3-2-8-19-38-36(42)18-22-47-24-26-49-28-29-50-27-25-48-23-20-39-35(41)16-17-37(43)40-30-33-12-5-4-10-31(33)14-15-32-11-6-7-13-34(32)40/h4-7,10-13H,2-3,8-9,16-30H2,1H3,(H,38,42)(H,39,41)(H,44,45). The summed E-state index contributed by atoms with van der Waals surface area (Å²) < 4.78 is 42.1. The van der Waals surface area contributed by atoms with Crippen molar-refractivity contribution in [2.75, 3.05) is 84.6 Å². The van der Waals surface area contributed by atoms with Crippen molar-refractivity contribution in [3.8, 4) is 11.8 Å². The van der Waals surface area contributed by atoms with Gasteiger partial charge in [0.2, 0.25) is 17.7 Å². The van der Waals surface area contributed by atoms with Crippen molar-refractivity contribution in [1.29, 1.82) is 0 Å². The number of carbonyl (C=O) groups is 3. The predicted molar refractivity (Wildman–Crippen MR) is 194 cm³/mol. The van der Waals surface area contributed by atoms with Crippen LogP contribution < -0.4 is 15.5 Å². The molecule has 1 atom stereocenters. The molecule has 0 aliphatic carbocycles. The number of nitrogens with one attached hydrogen (secondary N) is 2. The van der Waals surface area contributed by atoms with Gasteiger partial charge in [-0.2, -0.15) is 0 Å². The minimum atomic E-state index is -3.90. The van der Waals surface area contributed by atoms with E-state index in [0.717, 1.165) is 48.8 Å². The quantitative estimate of drug-likeness (QED) is 0.0692. The summed E-state index contributed by atoms with van der Waals surface area (Å²) >= 11 is 0. The van der Waals surface area contributed by atoms with E-state index in [4.69, 9.17) is 28.4 Å². The van der Waals surface area contributed by atoms with E-state index in [1.165, 1.54) is 0 Å². The zero-order valence-electron chi connectivity index (χ0n) is 30.0. The third-order valence-corrected chi connectivity index (χ3v) is 8.75. The molecule has 0 saturated carbocycles. The first-order valence-corrected chi connectivity index (χ1v) is 19.2. The van der Waals surface area contributed by atoms with Crippen molar-refractivity contribution < 1.29 is 51.8 Å². The number of phosphoric ester groups is 1. The molecule has 1 unspecified atom stereocenters. The van der Waals surface area contributed by atoms with Gasteiger partial charge in [0, 0.05) is 50.6 Å². The Hall–Kier alpha value is -3.64. The number of amides is 3. The van der Waals surface area contributed by atoms with Gasteiger partial charge in [-0.3, -0.25) is 23.4 Å². The average molecular weight is 746 g/mol. The van der Waals surface area contributed by atoms with E-state index < -0.39 is 7.82 Å². The second-order valence-corrected chi connectivity index (χ2v) is 13.3. The lowest BCUT2D eigenvalue weighted by molar-refractivity contribution is -0.125. The van der Waals surface area contributed by atoms with E-state index in [1.807, 2.05) is 48.5 Å². The van der Waals surface area contributed by atoms with Gasteiger partial charge in [-0.25, -0.2) is 4.57 Å². The van der Waals surface area contributed by atoms with Crippen LogP contribution in [0.15, 0.2) is 48.5 Å². The normalized spacial score (nSPS) is 13.1. The fourth-order valence-corrected chi connectivity index (χ4v) is 5.44. The van der Waals surface area contributed by atoms with Crippen molar-refractivity contribution in [2.45, 2.75) is 51.5 Å². The number of ether oxygens (including phenoxy) is 4. The highest BCUT2D eigenvalue weighted by molar-refractivity contribution is 7.47. The van der Waals surface area contributed by atoms with Crippen molar-refractivity contribution in [3.63, 3.8) is 0 Å². The molecule has 15 heteroatoms. The Balaban J connectivity index is 1.09. The van der Waals surface area contributed by atoms with Crippen LogP contribution in [0.3, 0.4) is 0 Å². The van der Waals surface area contributed by atoms with Crippen molar-refractivity contribution in [1.82, 2.24) is 10.6 Å². The summed E-state index contributed by atoms with van der Waals surface area (Å²) in [4.78, 5) is 48.4. The van der Waals surface area contributed by atoms with E-state index in [2.05, 4.69) is 27.0 Å². The highest BCUT2D eigenvalue weighted by Gasteiger charge is 2.22. The number of nitrogens with zero attached hydrogens (tertiary/aromatic N) is 1. The molecule has 3 rings (SSSR count). The zero-order valence-corrected chi connectivity index (χ0v) is 30.9. The molecule has 0 radical (unpaired) electrons. The maximum absolute atomic E-state index is 13.3. The molecule has 0 saturated heterocycles. The van der Waals surface area contributed by atoms with Gasteiger partial charge in [0.25, 0.3) is 0 Å². The Morgan fingerprint density at radius 3 is 2.00 bits per heavy atom. The lowest BCUT2D eigenvalue weighted by Crippen LogP contribution is -2.34.